The molecule has 0 spiro atoms. The fraction of sp³-hybridized carbons (Fsp3) is 0.846. The lowest BCUT2D eigenvalue weighted by molar-refractivity contribution is 0.0958. The highest BCUT2D eigenvalue weighted by Gasteiger charge is 2.12. The first kappa shape index (κ1) is 13.5. The van der Waals surface area contributed by atoms with Crippen LogP contribution >= 0.6 is 0 Å². The minimum atomic E-state index is 0.583. The summed E-state index contributed by atoms with van der Waals surface area (Å²) in [6.45, 7) is 6.80. The lowest BCUT2D eigenvalue weighted by atomic mass is 9.97. The van der Waals surface area contributed by atoms with E-state index in [0.717, 1.165) is 44.3 Å². The van der Waals surface area contributed by atoms with Crippen molar-refractivity contribution >= 4 is 0 Å². The van der Waals surface area contributed by atoms with Gasteiger partial charge in [-0.25, -0.2) is 9.67 Å². The van der Waals surface area contributed by atoms with Gasteiger partial charge in [-0.3, -0.25) is 0 Å². The van der Waals surface area contributed by atoms with E-state index in [-0.39, 0.29) is 0 Å². The van der Waals surface area contributed by atoms with Crippen molar-refractivity contribution in [2.24, 2.45) is 5.92 Å². The molecule has 0 aromatic carbocycles. The van der Waals surface area contributed by atoms with Gasteiger partial charge in [0.1, 0.15) is 12.9 Å². The molecule has 1 atom stereocenters. The Kier molecular flexibility index (Phi) is 5.61. The van der Waals surface area contributed by atoms with Gasteiger partial charge in [0, 0.05) is 13.2 Å². The maximum atomic E-state index is 5.72. The molecule has 1 fully saturated rings. The number of rotatable bonds is 7. The van der Waals surface area contributed by atoms with Gasteiger partial charge in [0.25, 0.3) is 0 Å². The molecule has 0 bridgehead atoms. The average Bonchev–Trinajstić information content (AvgIpc) is 2.84. The normalized spacial score (nSPS) is 20.2. The van der Waals surface area contributed by atoms with E-state index in [1.165, 1.54) is 19.4 Å². The number of nitrogens with zero attached hydrogens (tertiary/aromatic N) is 3. The Hall–Kier alpha value is -0.940. The smallest absolute Gasteiger partial charge is 0.152 e. The highest BCUT2D eigenvalue weighted by Crippen LogP contribution is 2.14. The van der Waals surface area contributed by atoms with Crippen molar-refractivity contribution in [1.82, 2.24) is 20.1 Å². The summed E-state index contributed by atoms with van der Waals surface area (Å²) >= 11 is 0. The first-order valence-electron chi connectivity index (χ1n) is 7.05. The second kappa shape index (κ2) is 7.48. The molecule has 1 aromatic rings. The van der Waals surface area contributed by atoms with Crippen LogP contribution in [0.15, 0.2) is 6.33 Å². The maximum Gasteiger partial charge on any atom is 0.152 e. The van der Waals surface area contributed by atoms with E-state index >= 15 is 0 Å². The Bertz CT molecular complexity index is 333. The molecule has 1 aliphatic heterocycles. The second-order valence-electron chi connectivity index (χ2n) is 4.95. The van der Waals surface area contributed by atoms with Crippen LogP contribution in [0.5, 0.6) is 0 Å². The number of ether oxygens (including phenoxy) is 1. The van der Waals surface area contributed by atoms with Gasteiger partial charge in [-0.2, -0.15) is 5.10 Å². The van der Waals surface area contributed by atoms with Crippen LogP contribution in [0.2, 0.25) is 0 Å². The van der Waals surface area contributed by atoms with Gasteiger partial charge in [-0.1, -0.05) is 6.92 Å². The third-order valence-corrected chi connectivity index (χ3v) is 3.43. The summed E-state index contributed by atoms with van der Waals surface area (Å²) in [5, 5.41) is 7.62. The predicted octanol–water partition coefficient (Wildman–Crippen LogP) is 1.59. The van der Waals surface area contributed by atoms with Crippen LogP contribution in [-0.2, 0) is 17.9 Å². The van der Waals surface area contributed by atoms with E-state index in [4.69, 9.17) is 4.74 Å². The summed E-state index contributed by atoms with van der Waals surface area (Å²) < 4.78 is 7.65. The Labute approximate surface area is 109 Å². The van der Waals surface area contributed by atoms with Crippen LogP contribution in [-0.4, -0.2) is 34.5 Å². The molecule has 0 aliphatic carbocycles. The van der Waals surface area contributed by atoms with Gasteiger partial charge < -0.3 is 10.1 Å². The highest BCUT2D eigenvalue weighted by atomic mass is 16.5. The van der Waals surface area contributed by atoms with Gasteiger partial charge in [0.05, 0.1) is 0 Å². The number of nitrogens with one attached hydrogen (secondary N) is 1. The zero-order valence-corrected chi connectivity index (χ0v) is 11.3. The SMILES string of the molecule is CCCn1ncnc1COCCC1CCCNC1. The molecule has 1 N–H and O–H groups in total. The predicted molar refractivity (Wildman–Crippen MR) is 70.2 cm³/mol. The van der Waals surface area contributed by atoms with Crippen molar-refractivity contribution in [2.75, 3.05) is 19.7 Å². The number of aryl methyl sites for hydroxylation is 1. The quantitative estimate of drug-likeness (QED) is 0.749. The van der Waals surface area contributed by atoms with Crippen LogP contribution in [0.1, 0.15) is 38.4 Å². The van der Waals surface area contributed by atoms with E-state index in [0.29, 0.717) is 6.61 Å². The highest BCUT2D eigenvalue weighted by molar-refractivity contribution is 4.81. The fourth-order valence-electron chi connectivity index (χ4n) is 2.38. The Morgan fingerprint density at radius 3 is 3.28 bits per heavy atom. The van der Waals surface area contributed by atoms with Crippen molar-refractivity contribution in [3.63, 3.8) is 0 Å². The summed E-state index contributed by atoms with van der Waals surface area (Å²) in [5.74, 6) is 1.73. The molecule has 2 rings (SSSR count). The summed E-state index contributed by atoms with van der Waals surface area (Å²) in [5.41, 5.74) is 0. The Morgan fingerprint density at radius 1 is 1.56 bits per heavy atom. The van der Waals surface area contributed by atoms with Crippen LogP contribution in [0.4, 0.5) is 0 Å². The van der Waals surface area contributed by atoms with Crippen molar-refractivity contribution in [3.8, 4) is 0 Å². The molecule has 5 heteroatoms. The number of aromatic nitrogens is 3. The molecule has 2 heterocycles. The van der Waals surface area contributed by atoms with Crippen molar-refractivity contribution < 1.29 is 4.74 Å². The van der Waals surface area contributed by atoms with Crippen LogP contribution < -0.4 is 5.32 Å². The monoisotopic (exact) mass is 252 g/mol. The minimum absolute atomic E-state index is 0.583. The standard InChI is InChI=1S/C13H24N4O/c1-2-7-17-13(15-11-16-17)10-18-8-5-12-4-3-6-14-9-12/h11-12,14H,2-10H2,1H3. The van der Waals surface area contributed by atoms with E-state index in [9.17, 15) is 0 Å². The number of hydrogen-bond acceptors (Lipinski definition) is 4. The molecule has 1 saturated heterocycles. The summed E-state index contributed by atoms with van der Waals surface area (Å²) in [6.07, 6.45) is 6.47. The topological polar surface area (TPSA) is 52.0 Å². The Morgan fingerprint density at radius 2 is 2.50 bits per heavy atom. The van der Waals surface area contributed by atoms with Gasteiger partial charge in [0.15, 0.2) is 5.82 Å². The first-order valence-corrected chi connectivity index (χ1v) is 7.05. The summed E-state index contributed by atoms with van der Waals surface area (Å²) in [6, 6.07) is 0. The van der Waals surface area contributed by atoms with Crippen molar-refractivity contribution in [1.29, 1.82) is 0 Å². The molecule has 0 radical (unpaired) electrons. The Balaban J connectivity index is 1.63. The summed E-state index contributed by atoms with van der Waals surface area (Å²) in [4.78, 5) is 4.23. The molecule has 1 aromatic heterocycles. The third-order valence-electron chi connectivity index (χ3n) is 3.43. The molecular formula is C13H24N4O. The molecule has 0 amide bonds. The second-order valence-corrected chi connectivity index (χ2v) is 4.95. The molecule has 102 valence electrons. The maximum absolute atomic E-state index is 5.72. The fourth-order valence-corrected chi connectivity index (χ4v) is 2.38. The number of piperidine rings is 1. The van der Waals surface area contributed by atoms with Crippen molar-refractivity contribution in [3.05, 3.63) is 12.2 Å². The third kappa shape index (κ3) is 4.07. The van der Waals surface area contributed by atoms with E-state index < -0.39 is 0 Å². The lowest BCUT2D eigenvalue weighted by Crippen LogP contribution is -2.30. The lowest BCUT2D eigenvalue weighted by Gasteiger charge is -2.22. The molecule has 1 aliphatic rings. The van der Waals surface area contributed by atoms with E-state index in [1.54, 1.807) is 6.33 Å². The molecule has 5 nitrogen and oxygen atoms in total. The van der Waals surface area contributed by atoms with Crippen LogP contribution in [0, 0.1) is 5.92 Å². The summed E-state index contributed by atoms with van der Waals surface area (Å²) in [7, 11) is 0. The van der Waals surface area contributed by atoms with Gasteiger partial charge >= 0.3 is 0 Å². The zero-order valence-electron chi connectivity index (χ0n) is 11.3. The van der Waals surface area contributed by atoms with Crippen molar-refractivity contribution in [2.45, 2.75) is 45.8 Å². The zero-order chi connectivity index (χ0) is 12.6. The van der Waals surface area contributed by atoms with Gasteiger partial charge in [-0.15, -0.1) is 0 Å². The molecular weight excluding hydrogens is 228 g/mol. The average molecular weight is 252 g/mol. The molecule has 0 saturated carbocycles. The van der Waals surface area contributed by atoms with Gasteiger partial charge in [0.2, 0.25) is 0 Å². The van der Waals surface area contributed by atoms with Gasteiger partial charge in [-0.05, 0) is 44.7 Å². The molecule has 18 heavy (non-hydrogen) atoms. The van der Waals surface area contributed by atoms with E-state index in [1.807, 2.05) is 4.68 Å². The largest absolute Gasteiger partial charge is 0.373 e. The van der Waals surface area contributed by atoms with E-state index in [2.05, 4.69) is 22.3 Å². The minimum Gasteiger partial charge on any atom is -0.373 e. The van der Waals surface area contributed by atoms with Crippen LogP contribution in [0.3, 0.4) is 0 Å². The molecule has 1 unspecified atom stereocenters. The first-order chi connectivity index (χ1) is 8.90. The number of hydrogen-bond donors (Lipinski definition) is 1. The van der Waals surface area contributed by atoms with Crippen LogP contribution in [0.25, 0.3) is 0 Å².